The van der Waals surface area contributed by atoms with E-state index < -0.39 is 10.0 Å². The molecule has 0 spiro atoms. The molecule has 0 unspecified atom stereocenters. The summed E-state index contributed by atoms with van der Waals surface area (Å²) >= 11 is 0. The van der Waals surface area contributed by atoms with Crippen LogP contribution >= 0.6 is 0 Å². The lowest BCUT2D eigenvalue weighted by Crippen LogP contribution is -2.36. The van der Waals surface area contributed by atoms with Crippen LogP contribution in [0.2, 0.25) is 0 Å². The minimum absolute atomic E-state index is 0.0432. The van der Waals surface area contributed by atoms with Gasteiger partial charge < -0.3 is 9.47 Å². The van der Waals surface area contributed by atoms with E-state index in [1.54, 1.807) is 42.2 Å². The average molecular weight is 325 g/mol. The van der Waals surface area contributed by atoms with Gasteiger partial charge in [0.25, 0.3) is 0 Å². The van der Waals surface area contributed by atoms with Crippen molar-refractivity contribution in [2.75, 3.05) is 14.2 Å². The predicted octanol–water partition coefficient (Wildman–Crippen LogP) is 1.27. The molecule has 0 fully saturated rings. The molecule has 0 aliphatic carbocycles. The number of aromatic nitrogens is 2. The predicted molar refractivity (Wildman–Crippen MR) is 81.6 cm³/mol. The van der Waals surface area contributed by atoms with Gasteiger partial charge >= 0.3 is 0 Å². The standard InChI is InChI=1S/C14H19N3O4S/c1-11(10-17-8-4-7-15-17)16-22(18,19)14-9-12(20-2)5-6-13(14)21-3/h4-9,11,16H,10H2,1-3H3/t11-/m0/s1. The van der Waals surface area contributed by atoms with Crippen molar-refractivity contribution in [2.24, 2.45) is 0 Å². The quantitative estimate of drug-likeness (QED) is 0.829. The number of rotatable bonds is 7. The van der Waals surface area contributed by atoms with Crippen molar-refractivity contribution in [3.05, 3.63) is 36.7 Å². The van der Waals surface area contributed by atoms with E-state index in [4.69, 9.17) is 9.47 Å². The molecule has 2 aromatic rings. The van der Waals surface area contributed by atoms with Crippen molar-refractivity contribution < 1.29 is 17.9 Å². The fourth-order valence-corrected chi connectivity index (χ4v) is 3.47. The van der Waals surface area contributed by atoms with Gasteiger partial charge in [0.15, 0.2) is 0 Å². The third-order valence-corrected chi connectivity index (χ3v) is 4.65. The number of sulfonamides is 1. The van der Waals surface area contributed by atoms with Crippen LogP contribution in [0, 0.1) is 0 Å². The largest absolute Gasteiger partial charge is 0.497 e. The van der Waals surface area contributed by atoms with Crippen molar-refractivity contribution >= 4 is 10.0 Å². The molecule has 0 aliphatic rings. The van der Waals surface area contributed by atoms with Crippen LogP contribution in [0.4, 0.5) is 0 Å². The van der Waals surface area contributed by atoms with E-state index in [-0.39, 0.29) is 16.7 Å². The molecule has 0 saturated carbocycles. The summed E-state index contributed by atoms with van der Waals surface area (Å²) in [5.74, 6) is 0.709. The van der Waals surface area contributed by atoms with Gasteiger partial charge in [-0.05, 0) is 25.1 Å². The number of benzene rings is 1. The molecule has 0 amide bonds. The maximum atomic E-state index is 12.5. The minimum Gasteiger partial charge on any atom is -0.497 e. The first-order valence-electron chi connectivity index (χ1n) is 6.68. The van der Waals surface area contributed by atoms with Gasteiger partial charge in [0, 0.05) is 24.5 Å². The number of ether oxygens (including phenoxy) is 2. The molecular weight excluding hydrogens is 306 g/mol. The Balaban J connectivity index is 2.22. The molecule has 2 rings (SSSR count). The first-order valence-corrected chi connectivity index (χ1v) is 8.16. The van der Waals surface area contributed by atoms with Crippen LogP contribution in [0.25, 0.3) is 0 Å². The molecule has 0 radical (unpaired) electrons. The maximum absolute atomic E-state index is 12.5. The average Bonchev–Trinajstić information content (AvgIpc) is 2.98. The van der Waals surface area contributed by atoms with Gasteiger partial charge in [-0.2, -0.15) is 5.10 Å². The highest BCUT2D eigenvalue weighted by atomic mass is 32.2. The molecule has 0 aliphatic heterocycles. The van der Waals surface area contributed by atoms with Gasteiger partial charge in [-0.3, -0.25) is 4.68 Å². The Hall–Kier alpha value is -2.06. The van der Waals surface area contributed by atoms with Crippen LogP contribution in [-0.2, 0) is 16.6 Å². The van der Waals surface area contributed by atoms with Gasteiger partial charge in [-0.25, -0.2) is 13.1 Å². The molecule has 120 valence electrons. The van der Waals surface area contributed by atoms with Crippen molar-refractivity contribution in [1.29, 1.82) is 0 Å². The van der Waals surface area contributed by atoms with Gasteiger partial charge in [0.05, 0.1) is 20.8 Å². The van der Waals surface area contributed by atoms with Gasteiger partial charge in [-0.1, -0.05) is 0 Å². The molecule has 0 saturated heterocycles. The van der Waals surface area contributed by atoms with Crippen molar-refractivity contribution in [3.63, 3.8) is 0 Å². The Labute approximate surface area is 129 Å². The van der Waals surface area contributed by atoms with Crippen LogP contribution in [0.15, 0.2) is 41.6 Å². The molecule has 1 aromatic heterocycles. The molecule has 0 bridgehead atoms. The second kappa shape index (κ2) is 6.80. The third kappa shape index (κ3) is 3.77. The van der Waals surface area contributed by atoms with Gasteiger partial charge in [0.1, 0.15) is 16.4 Å². The van der Waals surface area contributed by atoms with E-state index in [0.29, 0.717) is 12.3 Å². The smallest absolute Gasteiger partial charge is 0.244 e. The van der Waals surface area contributed by atoms with Crippen LogP contribution in [0.3, 0.4) is 0 Å². The van der Waals surface area contributed by atoms with Crippen molar-refractivity contribution in [2.45, 2.75) is 24.4 Å². The minimum atomic E-state index is -3.73. The summed E-state index contributed by atoms with van der Waals surface area (Å²) in [5.41, 5.74) is 0. The maximum Gasteiger partial charge on any atom is 0.244 e. The Morgan fingerprint density at radius 3 is 2.68 bits per heavy atom. The molecule has 7 nitrogen and oxygen atoms in total. The number of nitrogens with zero attached hydrogens (tertiary/aromatic N) is 2. The fourth-order valence-electron chi connectivity index (χ4n) is 2.05. The van der Waals surface area contributed by atoms with E-state index in [0.717, 1.165) is 0 Å². The highest BCUT2D eigenvalue weighted by Gasteiger charge is 2.22. The second-order valence-electron chi connectivity index (χ2n) is 4.77. The summed E-state index contributed by atoms with van der Waals surface area (Å²) in [6.07, 6.45) is 3.42. The summed E-state index contributed by atoms with van der Waals surface area (Å²) in [5, 5.41) is 4.06. The van der Waals surface area contributed by atoms with Gasteiger partial charge in [-0.15, -0.1) is 0 Å². The van der Waals surface area contributed by atoms with E-state index >= 15 is 0 Å². The van der Waals surface area contributed by atoms with Crippen LogP contribution in [0.1, 0.15) is 6.92 Å². The zero-order valence-corrected chi connectivity index (χ0v) is 13.5. The van der Waals surface area contributed by atoms with E-state index in [2.05, 4.69) is 9.82 Å². The number of nitrogens with one attached hydrogen (secondary N) is 1. The Bertz CT molecular complexity index is 714. The summed E-state index contributed by atoms with van der Waals surface area (Å²) in [6.45, 7) is 2.20. The van der Waals surface area contributed by atoms with E-state index in [9.17, 15) is 8.42 Å². The van der Waals surface area contributed by atoms with Crippen molar-refractivity contribution in [3.8, 4) is 11.5 Å². The molecule has 22 heavy (non-hydrogen) atoms. The summed E-state index contributed by atoms with van der Waals surface area (Å²) in [7, 11) is -0.831. The number of hydrogen-bond acceptors (Lipinski definition) is 5. The van der Waals surface area contributed by atoms with Crippen LogP contribution < -0.4 is 14.2 Å². The lowest BCUT2D eigenvalue weighted by atomic mass is 10.3. The second-order valence-corrected chi connectivity index (χ2v) is 6.45. The topological polar surface area (TPSA) is 82.5 Å². The van der Waals surface area contributed by atoms with E-state index in [1.807, 2.05) is 0 Å². The highest BCUT2D eigenvalue weighted by Crippen LogP contribution is 2.28. The zero-order valence-electron chi connectivity index (χ0n) is 12.7. The summed E-state index contributed by atoms with van der Waals surface area (Å²) < 4.78 is 39.6. The first-order chi connectivity index (χ1) is 10.5. The summed E-state index contributed by atoms with van der Waals surface area (Å²) in [6, 6.07) is 6.09. The molecule has 1 aromatic carbocycles. The molecule has 1 N–H and O–H groups in total. The zero-order chi connectivity index (χ0) is 16.2. The Morgan fingerprint density at radius 1 is 1.32 bits per heavy atom. The fraction of sp³-hybridized carbons (Fsp3) is 0.357. The monoisotopic (exact) mass is 325 g/mol. The SMILES string of the molecule is COc1ccc(OC)c(S(=O)(=O)N[C@@H](C)Cn2cccn2)c1. The number of hydrogen-bond donors (Lipinski definition) is 1. The first kappa shape index (κ1) is 16.3. The molecule has 1 heterocycles. The summed E-state index contributed by atoms with van der Waals surface area (Å²) in [4.78, 5) is 0.0432. The van der Waals surface area contributed by atoms with Crippen LogP contribution in [0.5, 0.6) is 11.5 Å². The number of methoxy groups -OCH3 is 2. The Morgan fingerprint density at radius 2 is 2.09 bits per heavy atom. The van der Waals surface area contributed by atoms with Crippen molar-refractivity contribution in [1.82, 2.24) is 14.5 Å². The van der Waals surface area contributed by atoms with Crippen LogP contribution in [-0.4, -0.2) is 38.5 Å². The van der Waals surface area contributed by atoms with E-state index in [1.165, 1.54) is 20.3 Å². The molecular formula is C14H19N3O4S. The third-order valence-electron chi connectivity index (χ3n) is 3.04. The van der Waals surface area contributed by atoms with Gasteiger partial charge in [0.2, 0.25) is 10.0 Å². The molecule has 8 heteroatoms. The lowest BCUT2D eigenvalue weighted by Gasteiger charge is -2.16. The lowest BCUT2D eigenvalue weighted by molar-refractivity contribution is 0.391. The highest BCUT2D eigenvalue weighted by molar-refractivity contribution is 7.89. The Kier molecular flexibility index (Phi) is 5.04. The normalized spacial score (nSPS) is 12.9. The molecule has 1 atom stereocenters.